The van der Waals surface area contributed by atoms with Crippen LogP contribution in [0.15, 0.2) is 84.0 Å². The zero-order valence-corrected chi connectivity index (χ0v) is 18.0. The van der Waals surface area contributed by atoms with Crippen molar-refractivity contribution in [2.75, 3.05) is 11.1 Å². The first-order valence-electron chi connectivity index (χ1n) is 9.76. The summed E-state index contributed by atoms with van der Waals surface area (Å²) in [4.78, 5) is 22.9. The second-order valence-corrected chi connectivity index (χ2v) is 7.93. The van der Waals surface area contributed by atoms with Gasteiger partial charge in [-0.25, -0.2) is 0 Å². The second kappa shape index (κ2) is 9.44. The number of benzene rings is 3. The van der Waals surface area contributed by atoms with Gasteiger partial charge in [0.1, 0.15) is 0 Å². The summed E-state index contributed by atoms with van der Waals surface area (Å²) in [6.45, 7) is 2.00. The first-order chi connectivity index (χ1) is 15.5. The third kappa shape index (κ3) is 4.84. The molecule has 0 spiro atoms. The Bertz CT molecular complexity index is 1240. The average Bonchev–Trinajstić information content (AvgIpc) is 3.23. The highest BCUT2D eigenvalue weighted by atomic mass is 32.2. The highest BCUT2D eigenvalue weighted by molar-refractivity contribution is 7.99. The summed E-state index contributed by atoms with van der Waals surface area (Å²) in [5.41, 5.74) is 3.35. The quantitative estimate of drug-likeness (QED) is 0.247. The number of hydrogen-bond donors (Lipinski definition) is 1. The topological polar surface area (TPSA) is 103 Å². The number of hydrogen-bond acceptors (Lipinski definition) is 6. The average molecular weight is 446 g/mol. The molecule has 1 N–H and O–H groups in total. The van der Waals surface area contributed by atoms with Crippen molar-refractivity contribution in [3.8, 4) is 17.1 Å². The molecule has 1 heterocycles. The summed E-state index contributed by atoms with van der Waals surface area (Å²) in [6, 6.07) is 23.2. The molecule has 3 aromatic carbocycles. The van der Waals surface area contributed by atoms with Crippen molar-refractivity contribution < 1.29 is 9.72 Å². The highest BCUT2D eigenvalue weighted by Crippen LogP contribution is 2.29. The number of nitrogens with one attached hydrogen (secondary N) is 1. The van der Waals surface area contributed by atoms with Gasteiger partial charge in [-0.3, -0.25) is 19.5 Å². The minimum Gasteiger partial charge on any atom is -0.325 e. The number of anilines is 1. The van der Waals surface area contributed by atoms with Gasteiger partial charge < -0.3 is 5.32 Å². The van der Waals surface area contributed by atoms with E-state index in [-0.39, 0.29) is 17.3 Å². The van der Waals surface area contributed by atoms with Gasteiger partial charge in [-0.2, -0.15) is 0 Å². The molecule has 0 aliphatic carbocycles. The van der Waals surface area contributed by atoms with Gasteiger partial charge in [0, 0.05) is 29.1 Å². The van der Waals surface area contributed by atoms with Crippen LogP contribution in [-0.2, 0) is 4.79 Å². The molecule has 0 saturated heterocycles. The van der Waals surface area contributed by atoms with Crippen LogP contribution in [0.1, 0.15) is 5.56 Å². The SMILES string of the molecule is Cc1ccc(-n2c(SCC(=O)Nc3ccccc3)nnc2-c2ccc([N+](=O)[O-])cc2)cc1. The third-order valence-electron chi connectivity index (χ3n) is 4.65. The van der Waals surface area contributed by atoms with Crippen molar-refractivity contribution in [2.24, 2.45) is 0 Å². The van der Waals surface area contributed by atoms with E-state index in [4.69, 9.17) is 0 Å². The Labute approximate surface area is 188 Å². The van der Waals surface area contributed by atoms with Gasteiger partial charge >= 0.3 is 0 Å². The van der Waals surface area contributed by atoms with E-state index in [1.165, 1.54) is 23.9 Å². The number of nitro benzene ring substituents is 1. The van der Waals surface area contributed by atoms with Crippen LogP contribution in [0.4, 0.5) is 11.4 Å². The number of amides is 1. The molecule has 4 aromatic rings. The van der Waals surface area contributed by atoms with E-state index in [1.807, 2.05) is 66.1 Å². The number of aryl methyl sites for hydroxylation is 1. The molecule has 160 valence electrons. The molecular formula is C23H19N5O3S. The largest absolute Gasteiger partial charge is 0.325 e. The Morgan fingerprint density at radius 2 is 1.69 bits per heavy atom. The maximum absolute atomic E-state index is 12.4. The molecule has 9 heteroatoms. The van der Waals surface area contributed by atoms with Gasteiger partial charge in [-0.05, 0) is 43.3 Å². The van der Waals surface area contributed by atoms with Crippen LogP contribution in [0.5, 0.6) is 0 Å². The number of thioether (sulfide) groups is 1. The van der Waals surface area contributed by atoms with Gasteiger partial charge in [-0.15, -0.1) is 10.2 Å². The van der Waals surface area contributed by atoms with Crippen LogP contribution in [-0.4, -0.2) is 31.3 Å². The Morgan fingerprint density at radius 3 is 2.34 bits per heavy atom. The maximum atomic E-state index is 12.4. The molecule has 1 amide bonds. The van der Waals surface area contributed by atoms with Crippen LogP contribution in [0.3, 0.4) is 0 Å². The minimum absolute atomic E-state index is 0.00216. The summed E-state index contributed by atoms with van der Waals surface area (Å²) >= 11 is 1.27. The Morgan fingerprint density at radius 1 is 1.00 bits per heavy atom. The molecule has 0 unspecified atom stereocenters. The van der Waals surface area contributed by atoms with Crippen LogP contribution in [0.2, 0.25) is 0 Å². The predicted octanol–water partition coefficient (Wildman–Crippen LogP) is 4.88. The lowest BCUT2D eigenvalue weighted by atomic mass is 10.2. The molecule has 0 aliphatic rings. The van der Waals surface area contributed by atoms with E-state index < -0.39 is 4.92 Å². The monoisotopic (exact) mass is 445 g/mol. The molecule has 1 aromatic heterocycles. The summed E-state index contributed by atoms with van der Waals surface area (Å²) in [7, 11) is 0. The van der Waals surface area contributed by atoms with Crippen molar-refractivity contribution >= 4 is 29.0 Å². The Hall–Kier alpha value is -3.98. The summed E-state index contributed by atoms with van der Waals surface area (Å²) < 4.78 is 1.85. The molecule has 0 fully saturated rings. The number of non-ortho nitro benzene ring substituents is 1. The molecule has 0 saturated carbocycles. The molecule has 0 radical (unpaired) electrons. The lowest BCUT2D eigenvalue weighted by Crippen LogP contribution is -2.14. The highest BCUT2D eigenvalue weighted by Gasteiger charge is 2.18. The first-order valence-corrected chi connectivity index (χ1v) is 10.7. The van der Waals surface area contributed by atoms with E-state index >= 15 is 0 Å². The molecular weight excluding hydrogens is 426 g/mol. The Balaban J connectivity index is 1.62. The second-order valence-electron chi connectivity index (χ2n) is 6.98. The molecule has 0 bridgehead atoms. The normalized spacial score (nSPS) is 10.7. The fourth-order valence-corrected chi connectivity index (χ4v) is 3.81. The number of aromatic nitrogens is 3. The van der Waals surface area contributed by atoms with E-state index in [9.17, 15) is 14.9 Å². The number of carbonyl (C=O) groups is 1. The summed E-state index contributed by atoms with van der Waals surface area (Å²) in [5.74, 6) is 0.533. The molecule has 0 aliphatic heterocycles. The first kappa shape index (κ1) is 21.3. The Kier molecular flexibility index (Phi) is 6.27. The van der Waals surface area contributed by atoms with Crippen LogP contribution < -0.4 is 5.32 Å². The molecule has 8 nitrogen and oxygen atoms in total. The molecule has 0 atom stereocenters. The van der Waals surface area contributed by atoms with Crippen molar-refractivity contribution in [1.29, 1.82) is 0 Å². The fraction of sp³-hybridized carbons (Fsp3) is 0.0870. The van der Waals surface area contributed by atoms with Gasteiger partial charge in [-0.1, -0.05) is 47.7 Å². The zero-order chi connectivity index (χ0) is 22.5. The standard InChI is InChI=1S/C23H19N5O3S/c1-16-7-11-19(12-8-16)27-22(17-9-13-20(14-10-17)28(30)31)25-26-23(27)32-15-21(29)24-18-5-3-2-4-6-18/h2-14H,15H2,1H3,(H,24,29). The molecule has 32 heavy (non-hydrogen) atoms. The number of nitro groups is 1. The van der Waals surface area contributed by atoms with Crippen molar-refractivity contribution in [1.82, 2.24) is 14.8 Å². The fourth-order valence-electron chi connectivity index (χ4n) is 3.06. The smallest absolute Gasteiger partial charge is 0.269 e. The minimum atomic E-state index is -0.443. The summed E-state index contributed by atoms with van der Waals surface area (Å²) in [6.07, 6.45) is 0. The van der Waals surface area contributed by atoms with Crippen LogP contribution >= 0.6 is 11.8 Å². The summed E-state index contributed by atoms with van der Waals surface area (Å²) in [5, 5.41) is 23.0. The lowest BCUT2D eigenvalue weighted by Gasteiger charge is -2.11. The maximum Gasteiger partial charge on any atom is 0.269 e. The van der Waals surface area contributed by atoms with Gasteiger partial charge in [0.15, 0.2) is 11.0 Å². The van der Waals surface area contributed by atoms with Gasteiger partial charge in [0.2, 0.25) is 5.91 Å². The molecule has 4 rings (SSSR count). The van der Waals surface area contributed by atoms with E-state index in [2.05, 4.69) is 15.5 Å². The lowest BCUT2D eigenvalue weighted by molar-refractivity contribution is -0.384. The van der Waals surface area contributed by atoms with E-state index in [0.29, 0.717) is 16.5 Å². The van der Waals surface area contributed by atoms with E-state index in [1.54, 1.807) is 12.1 Å². The van der Waals surface area contributed by atoms with Gasteiger partial charge in [0.05, 0.1) is 10.7 Å². The zero-order valence-electron chi connectivity index (χ0n) is 17.1. The number of para-hydroxylation sites is 1. The number of nitrogens with zero attached hydrogens (tertiary/aromatic N) is 4. The van der Waals surface area contributed by atoms with Crippen LogP contribution in [0.25, 0.3) is 17.1 Å². The number of rotatable bonds is 7. The van der Waals surface area contributed by atoms with Crippen molar-refractivity contribution in [2.45, 2.75) is 12.1 Å². The third-order valence-corrected chi connectivity index (χ3v) is 5.58. The van der Waals surface area contributed by atoms with E-state index in [0.717, 1.165) is 16.9 Å². The van der Waals surface area contributed by atoms with Crippen molar-refractivity contribution in [3.63, 3.8) is 0 Å². The van der Waals surface area contributed by atoms with Gasteiger partial charge in [0.25, 0.3) is 5.69 Å². The predicted molar refractivity (Wildman–Crippen MR) is 124 cm³/mol. The van der Waals surface area contributed by atoms with Crippen molar-refractivity contribution in [3.05, 3.63) is 94.5 Å². The number of carbonyl (C=O) groups excluding carboxylic acids is 1. The van der Waals surface area contributed by atoms with Crippen LogP contribution in [0, 0.1) is 17.0 Å².